The van der Waals surface area contributed by atoms with Crippen LogP contribution in [0.5, 0.6) is 0 Å². The number of hydrogen-bond acceptors (Lipinski definition) is 4. The summed E-state index contributed by atoms with van der Waals surface area (Å²) in [6.45, 7) is 16.6. The molecule has 2 aromatic carbocycles. The van der Waals surface area contributed by atoms with Gasteiger partial charge in [-0.05, 0) is 90.1 Å². The van der Waals surface area contributed by atoms with E-state index in [4.69, 9.17) is 5.73 Å². The van der Waals surface area contributed by atoms with Crippen LogP contribution in [0.25, 0.3) is 0 Å². The summed E-state index contributed by atoms with van der Waals surface area (Å²) in [7, 11) is 2.00. The number of nitrogens with two attached hydrogens (primary N) is 1. The van der Waals surface area contributed by atoms with Crippen LogP contribution in [0.3, 0.4) is 0 Å². The summed E-state index contributed by atoms with van der Waals surface area (Å²) in [5.41, 5.74) is 9.06. The number of aromatic nitrogens is 2. The van der Waals surface area contributed by atoms with Gasteiger partial charge in [-0.2, -0.15) is 0 Å². The summed E-state index contributed by atoms with van der Waals surface area (Å²) in [6.07, 6.45) is 10.5. The van der Waals surface area contributed by atoms with E-state index in [-0.39, 0.29) is 11.4 Å². The first-order chi connectivity index (χ1) is 20.4. The van der Waals surface area contributed by atoms with Gasteiger partial charge in [0.2, 0.25) is 5.91 Å². The van der Waals surface area contributed by atoms with E-state index in [1.54, 1.807) is 28.1 Å². The van der Waals surface area contributed by atoms with Gasteiger partial charge in [-0.25, -0.2) is 13.8 Å². The minimum atomic E-state index is -0.950. The molecule has 0 spiro atoms. The lowest BCUT2D eigenvalue weighted by Gasteiger charge is -2.24. The number of hydrogen-bond donors (Lipinski definition) is 2. The molecule has 6 nitrogen and oxygen atoms in total. The maximum Gasteiger partial charge on any atom is 0.250 e. The second-order valence-electron chi connectivity index (χ2n) is 11.7. The standard InChI is InChI=1S/C16H17F2N3O.C14H21N.C5H11N/c1-11-9-21(10-19-11)15(16(22)20-6-2-3-7-20)12-4-5-13(17)14(18)8-12;1-12(2)14(15-3)11-7-10-13-8-5-4-6-9-13;1-4-5(2,3)6/h4-5,8-10,15H,2-3,6-7H2,1H3;4-6,8-9,14-15H,1,7,10-11H2,2-3H3;4H,1,6H2,2-3H3. The number of nitrogens with zero attached hydrogens (tertiary/aromatic N) is 3. The smallest absolute Gasteiger partial charge is 0.250 e. The zero-order valence-corrected chi connectivity index (χ0v) is 26.5. The number of aryl methyl sites for hydroxylation is 2. The van der Waals surface area contributed by atoms with Gasteiger partial charge in [-0.1, -0.05) is 54.6 Å². The number of imidazole rings is 1. The van der Waals surface area contributed by atoms with Crippen molar-refractivity contribution in [2.45, 2.75) is 77.4 Å². The highest BCUT2D eigenvalue weighted by molar-refractivity contribution is 5.84. The number of rotatable bonds is 10. The lowest BCUT2D eigenvalue weighted by atomic mass is 10.0. The normalized spacial score (nSPS) is 14.1. The minimum absolute atomic E-state index is 0.110. The van der Waals surface area contributed by atoms with E-state index in [9.17, 15) is 13.6 Å². The quantitative estimate of drug-likeness (QED) is 0.255. The monoisotopic (exact) mass is 593 g/mol. The fourth-order valence-electron chi connectivity index (χ4n) is 4.61. The van der Waals surface area contributed by atoms with Crippen LogP contribution in [-0.4, -0.2) is 52.1 Å². The van der Waals surface area contributed by atoms with Gasteiger partial charge in [0, 0.05) is 30.9 Å². The van der Waals surface area contributed by atoms with Crippen LogP contribution >= 0.6 is 0 Å². The summed E-state index contributed by atoms with van der Waals surface area (Å²) in [5, 5.41) is 3.29. The highest BCUT2D eigenvalue weighted by Gasteiger charge is 2.29. The minimum Gasteiger partial charge on any atom is -0.341 e. The lowest BCUT2D eigenvalue weighted by molar-refractivity contribution is -0.132. The van der Waals surface area contributed by atoms with Crippen molar-refractivity contribution < 1.29 is 13.6 Å². The maximum absolute atomic E-state index is 13.6. The van der Waals surface area contributed by atoms with Crippen molar-refractivity contribution in [2.75, 3.05) is 20.1 Å². The first-order valence-corrected chi connectivity index (χ1v) is 14.9. The molecule has 1 fully saturated rings. The van der Waals surface area contributed by atoms with Gasteiger partial charge >= 0.3 is 0 Å². The molecular weight excluding hydrogens is 544 g/mol. The van der Waals surface area contributed by atoms with Gasteiger partial charge in [-0.3, -0.25) is 4.79 Å². The fraction of sp³-hybridized carbons (Fsp3) is 0.429. The molecule has 4 rings (SSSR count). The van der Waals surface area contributed by atoms with Crippen LogP contribution in [0.2, 0.25) is 0 Å². The summed E-state index contributed by atoms with van der Waals surface area (Å²) in [4.78, 5) is 18.7. The number of likely N-dealkylation sites (N-methyl/N-ethyl adjacent to an activating group) is 1. The number of benzene rings is 2. The van der Waals surface area contributed by atoms with Gasteiger partial charge < -0.3 is 20.5 Å². The number of nitrogens with one attached hydrogen (secondary N) is 1. The topological polar surface area (TPSA) is 76.2 Å². The zero-order valence-electron chi connectivity index (χ0n) is 26.5. The molecule has 1 saturated heterocycles. The van der Waals surface area contributed by atoms with Gasteiger partial charge in [0.25, 0.3) is 0 Å². The molecular formula is C35H49F2N5O. The molecule has 1 aromatic heterocycles. The lowest BCUT2D eigenvalue weighted by Crippen LogP contribution is -2.35. The molecule has 1 aliphatic heterocycles. The van der Waals surface area contributed by atoms with Crippen molar-refractivity contribution in [3.63, 3.8) is 0 Å². The predicted octanol–water partition coefficient (Wildman–Crippen LogP) is 6.76. The van der Waals surface area contributed by atoms with Gasteiger partial charge in [0.1, 0.15) is 6.04 Å². The predicted molar refractivity (Wildman–Crippen MR) is 173 cm³/mol. The van der Waals surface area contributed by atoms with Crippen LogP contribution < -0.4 is 11.1 Å². The highest BCUT2D eigenvalue weighted by atomic mass is 19.2. The fourth-order valence-corrected chi connectivity index (χ4v) is 4.61. The Hall–Kier alpha value is -3.62. The van der Waals surface area contributed by atoms with E-state index >= 15 is 0 Å². The Balaban J connectivity index is 0.000000266. The third kappa shape index (κ3) is 12.3. The molecule has 1 amide bonds. The van der Waals surface area contributed by atoms with Crippen molar-refractivity contribution >= 4 is 5.91 Å². The van der Waals surface area contributed by atoms with E-state index < -0.39 is 17.7 Å². The summed E-state index contributed by atoms with van der Waals surface area (Å²) in [5.74, 6) is -1.98. The van der Waals surface area contributed by atoms with Crippen LogP contribution in [0.4, 0.5) is 8.78 Å². The molecule has 3 N–H and O–H groups in total. The molecule has 3 aromatic rings. The van der Waals surface area contributed by atoms with Crippen molar-refractivity contribution in [1.29, 1.82) is 0 Å². The van der Waals surface area contributed by atoms with Crippen molar-refractivity contribution in [3.05, 3.63) is 114 Å². The summed E-state index contributed by atoms with van der Waals surface area (Å²) in [6, 6.07) is 14.0. The summed E-state index contributed by atoms with van der Waals surface area (Å²) >= 11 is 0. The molecule has 1 aliphatic rings. The summed E-state index contributed by atoms with van der Waals surface area (Å²) < 4.78 is 28.4. The van der Waals surface area contributed by atoms with Gasteiger partial charge in [0.15, 0.2) is 11.6 Å². The molecule has 0 saturated carbocycles. The number of amides is 1. The number of likely N-dealkylation sites (tertiary alicyclic amines) is 1. The van der Waals surface area contributed by atoms with Gasteiger partial charge in [-0.15, -0.1) is 6.58 Å². The van der Waals surface area contributed by atoms with Crippen LogP contribution in [0.15, 0.2) is 85.9 Å². The second-order valence-corrected chi connectivity index (χ2v) is 11.7. The Morgan fingerprint density at radius 2 is 1.77 bits per heavy atom. The van der Waals surface area contributed by atoms with Gasteiger partial charge in [0.05, 0.1) is 12.0 Å². The van der Waals surface area contributed by atoms with E-state index in [2.05, 4.69) is 60.7 Å². The van der Waals surface area contributed by atoms with Crippen molar-refractivity contribution in [3.8, 4) is 0 Å². The zero-order chi connectivity index (χ0) is 32.0. The molecule has 234 valence electrons. The van der Waals surface area contributed by atoms with E-state index in [0.717, 1.165) is 37.1 Å². The van der Waals surface area contributed by atoms with Crippen LogP contribution in [0.1, 0.15) is 69.3 Å². The number of carbonyl (C=O) groups is 1. The number of carbonyl (C=O) groups excluding carboxylic acids is 1. The molecule has 2 atom stereocenters. The van der Waals surface area contributed by atoms with Crippen molar-refractivity contribution in [1.82, 2.24) is 19.8 Å². The molecule has 0 bridgehead atoms. The first-order valence-electron chi connectivity index (χ1n) is 14.9. The molecule has 2 unspecified atom stereocenters. The van der Waals surface area contributed by atoms with E-state index in [1.165, 1.54) is 30.0 Å². The molecule has 0 aliphatic carbocycles. The average Bonchev–Trinajstić information content (AvgIpc) is 3.66. The second kappa shape index (κ2) is 17.5. The van der Waals surface area contributed by atoms with Crippen molar-refractivity contribution in [2.24, 2.45) is 5.73 Å². The van der Waals surface area contributed by atoms with Crippen LogP contribution in [0, 0.1) is 18.6 Å². The average molecular weight is 594 g/mol. The SMILES string of the molecule is C=C(C)C(CCCc1ccccc1)NC.C=CC(C)(C)N.Cc1cn(C(C(=O)N2CCCC2)c2ccc(F)c(F)c2)cn1. The number of halogens is 2. The Kier molecular flexibility index (Phi) is 14.5. The Bertz CT molecular complexity index is 1290. The largest absolute Gasteiger partial charge is 0.341 e. The highest BCUT2D eigenvalue weighted by Crippen LogP contribution is 2.25. The Morgan fingerprint density at radius 3 is 2.26 bits per heavy atom. The molecule has 43 heavy (non-hydrogen) atoms. The van der Waals surface area contributed by atoms with Crippen LogP contribution in [-0.2, 0) is 11.2 Å². The molecule has 2 heterocycles. The molecule has 0 radical (unpaired) electrons. The third-order valence-corrected chi connectivity index (χ3v) is 7.21. The third-order valence-electron chi connectivity index (χ3n) is 7.21. The van der Waals surface area contributed by atoms with E-state index in [1.807, 2.05) is 27.8 Å². The Labute approximate surface area is 256 Å². The van der Waals surface area contributed by atoms with E-state index in [0.29, 0.717) is 24.7 Å². The maximum atomic E-state index is 13.6. The molecule has 8 heteroatoms. The first kappa shape index (κ1) is 35.6. The Morgan fingerprint density at radius 1 is 1.14 bits per heavy atom.